The van der Waals surface area contributed by atoms with Crippen molar-refractivity contribution in [1.29, 1.82) is 0 Å². The summed E-state index contributed by atoms with van der Waals surface area (Å²) in [5, 5.41) is 0.0470. The van der Waals surface area contributed by atoms with Gasteiger partial charge in [0.05, 0.1) is 12.6 Å². The summed E-state index contributed by atoms with van der Waals surface area (Å²) in [5.74, 6) is 0.319. The monoisotopic (exact) mass is 290 g/mol. The Morgan fingerprint density at radius 3 is 2.83 bits per heavy atom. The van der Waals surface area contributed by atoms with E-state index in [1.807, 2.05) is 0 Å². The predicted octanol–water partition coefficient (Wildman–Crippen LogP) is 1.23. The first-order chi connectivity index (χ1) is 8.55. The predicted molar refractivity (Wildman–Crippen MR) is 68.0 cm³/mol. The van der Waals surface area contributed by atoms with Crippen molar-refractivity contribution >= 4 is 21.6 Å². The summed E-state index contributed by atoms with van der Waals surface area (Å²) < 4.78 is 31.1. The van der Waals surface area contributed by atoms with Crippen LogP contribution in [0.2, 0.25) is 0 Å². The van der Waals surface area contributed by atoms with Gasteiger partial charge in [-0.05, 0) is 18.1 Å². The molecule has 1 aromatic rings. The molecule has 1 saturated heterocycles. The van der Waals surface area contributed by atoms with Crippen LogP contribution in [0.1, 0.15) is 12.0 Å². The zero-order chi connectivity index (χ0) is 13.2. The number of hydrogen-bond acceptors (Lipinski definition) is 4. The minimum Gasteiger partial charge on any atom is -0.380 e. The Balaban J connectivity index is 2.23. The number of aromatic nitrogens is 1. The highest BCUT2D eigenvalue weighted by molar-refractivity contribution is 7.89. The van der Waals surface area contributed by atoms with Gasteiger partial charge < -0.3 is 4.74 Å². The second kappa shape index (κ2) is 5.52. The summed E-state index contributed by atoms with van der Waals surface area (Å²) >= 11 is 5.64. The number of hydrogen-bond donors (Lipinski definition) is 0. The maximum atomic E-state index is 12.3. The number of nitrogens with zero attached hydrogens (tertiary/aromatic N) is 2. The Kier molecular flexibility index (Phi) is 4.21. The summed E-state index contributed by atoms with van der Waals surface area (Å²) in [7, 11) is -1.99. The molecule has 0 bridgehead atoms. The van der Waals surface area contributed by atoms with E-state index in [1.54, 1.807) is 13.1 Å². The number of halogens is 1. The van der Waals surface area contributed by atoms with Crippen molar-refractivity contribution in [3.63, 3.8) is 0 Å². The Morgan fingerprint density at radius 1 is 1.56 bits per heavy atom. The number of likely N-dealkylation sites (N-methyl/N-ethyl adjacent to an activating group) is 1. The van der Waals surface area contributed by atoms with Gasteiger partial charge in [-0.25, -0.2) is 13.4 Å². The van der Waals surface area contributed by atoms with Gasteiger partial charge in [-0.2, -0.15) is 4.31 Å². The van der Waals surface area contributed by atoms with E-state index in [-0.39, 0.29) is 11.1 Å². The van der Waals surface area contributed by atoms with Crippen LogP contribution < -0.4 is 0 Å². The number of ether oxygens (including phenoxy) is 1. The number of alkyl halides is 1. The average Bonchev–Trinajstić information content (AvgIpc) is 2.91. The molecule has 1 unspecified atom stereocenters. The first-order valence-corrected chi connectivity index (χ1v) is 7.60. The van der Waals surface area contributed by atoms with Gasteiger partial charge in [0.25, 0.3) is 10.0 Å². The summed E-state index contributed by atoms with van der Waals surface area (Å²) in [6, 6.07) is 3.05. The molecule has 5 nitrogen and oxygen atoms in total. The van der Waals surface area contributed by atoms with Gasteiger partial charge in [0, 0.05) is 25.7 Å². The minimum absolute atomic E-state index is 0.0470. The molecule has 1 aromatic heterocycles. The molecular weight excluding hydrogens is 276 g/mol. The van der Waals surface area contributed by atoms with Crippen molar-refractivity contribution in [2.75, 3.05) is 20.3 Å². The first-order valence-electron chi connectivity index (χ1n) is 5.62. The van der Waals surface area contributed by atoms with Crippen LogP contribution in [-0.2, 0) is 20.6 Å². The van der Waals surface area contributed by atoms with E-state index >= 15 is 0 Å². The van der Waals surface area contributed by atoms with Gasteiger partial charge >= 0.3 is 0 Å². The molecule has 2 rings (SSSR count). The molecule has 0 saturated carbocycles. The Bertz CT molecular complexity index is 498. The van der Waals surface area contributed by atoms with E-state index in [4.69, 9.17) is 16.3 Å². The summed E-state index contributed by atoms with van der Waals surface area (Å²) in [6.45, 7) is 1.04. The normalized spacial score (nSPS) is 20.5. The zero-order valence-corrected chi connectivity index (χ0v) is 11.6. The van der Waals surface area contributed by atoms with Crippen LogP contribution in [0.15, 0.2) is 23.4 Å². The van der Waals surface area contributed by atoms with Gasteiger partial charge in [-0.3, -0.25) is 0 Å². The Hall–Kier alpha value is -0.690. The van der Waals surface area contributed by atoms with Crippen LogP contribution in [0.4, 0.5) is 0 Å². The SMILES string of the molecule is CN(C1CCOC1)S(=O)(=O)c1ccc(CCl)cn1. The minimum atomic E-state index is -3.55. The molecule has 0 N–H and O–H groups in total. The van der Waals surface area contributed by atoms with Crippen molar-refractivity contribution in [2.45, 2.75) is 23.4 Å². The summed E-state index contributed by atoms with van der Waals surface area (Å²) in [6.07, 6.45) is 2.20. The van der Waals surface area contributed by atoms with E-state index < -0.39 is 10.0 Å². The molecular formula is C11H15ClN2O3S. The van der Waals surface area contributed by atoms with Gasteiger partial charge in [0.2, 0.25) is 0 Å². The van der Waals surface area contributed by atoms with E-state index in [0.717, 1.165) is 12.0 Å². The van der Waals surface area contributed by atoms with Crippen molar-refractivity contribution in [3.8, 4) is 0 Å². The van der Waals surface area contributed by atoms with Crippen LogP contribution in [0.3, 0.4) is 0 Å². The lowest BCUT2D eigenvalue weighted by Crippen LogP contribution is -2.37. The third kappa shape index (κ3) is 2.66. The Morgan fingerprint density at radius 2 is 2.33 bits per heavy atom. The second-order valence-corrected chi connectivity index (χ2v) is 6.39. The number of pyridine rings is 1. The standard InChI is InChI=1S/C11H15ClN2O3S/c1-14(10-4-5-17-8-10)18(15,16)11-3-2-9(6-12)7-13-11/h2-3,7,10H,4-6,8H2,1H3. The number of rotatable bonds is 4. The van der Waals surface area contributed by atoms with Crippen LogP contribution >= 0.6 is 11.6 Å². The second-order valence-electron chi connectivity index (χ2n) is 4.18. The van der Waals surface area contributed by atoms with Gasteiger partial charge in [0.15, 0.2) is 5.03 Å². The molecule has 0 aliphatic carbocycles. The van der Waals surface area contributed by atoms with Gasteiger partial charge in [-0.1, -0.05) is 6.07 Å². The molecule has 0 radical (unpaired) electrons. The third-order valence-corrected chi connectivity index (χ3v) is 5.15. The molecule has 1 atom stereocenters. The van der Waals surface area contributed by atoms with Gasteiger partial charge in [0.1, 0.15) is 0 Å². The van der Waals surface area contributed by atoms with Crippen molar-refractivity contribution in [1.82, 2.24) is 9.29 Å². The molecule has 0 spiro atoms. The third-order valence-electron chi connectivity index (χ3n) is 3.02. The fourth-order valence-electron chi connectivity index (χ4n) is 1.80. The van der Waals surface area contributed by atoms with Crippen LogP contribution in [0.5, 0.6) is 0 Å². The maximum absolute atomic E-state index is 12.3. The average molecular weight is 291 g/mol. The zero-order valence-electron chi connectivity index (χ0n) is 10.0. The molecule has 1 fully saturated rings. The van der Waals surface area contributed by atoms with Crippen LogP contribution in [0.25, 0.3) is 0 Å². The highest BCUT2D eigenvalue weighted by atomic mass is 35.5. The van der Waals surface area contributed by atoms with E-state index in [1.165, 1.54) is 16.6 Å². The topological polar surface area (TPSA) is 59.5 Å². The molecule has 0 amide bonds. The lowest BCUT2D eigenvalue weighted by atomic mass is 10.3. The molecule has 1 aliphatic heterocycles. The molecule has 7 heteroatoms. The smallest absolute Gasteiger partial charge is 0.260 e. The van der Waals surface area contributed by atoms with E-state index in [2.05, 4.69) is 4.98 Å². The maximum Gasteiger partial charge on any atom is 0.260 e. The lowest BCUT2D eigenvalue weighted by Gasteiger charge is -2.21. The van der Waals surface area contributed by atoms with Crippen LogP contribution in [0, 0.1) is 0 Å². The fraction of sp³-hybridized carbons (Fsp3) is 0.545. The summed E-state index contributed by atoms with van der Waals surface area (Å²) in [4.78, 5) is 3.96. The highest BCUT2D eigenvalue weighted by Crippen LogP contribution is 2.19. The fourth-order valence-corrected chi connectivity index (χ4v) is 3.23. The highest BCUT2D eigenvalue weighted by Gasteiger charge is 2.31. The molecule has 2 heterocycles. The molecule has 100 valence electrons. The lowest BCUT2D eigenvalue weighted by molar-refractivity contribution is 0.180. The van der Waals surface area contributed by atoms with Crippen molar-refractivity contribution < 1.29 is 13.2 Å². The molecule has 18 heavy (non-hydrogen) atoms. The van der Waals surface area contributed by atoms with Crippen LogP contribution in [-0.4, -0.2) is 44.0 Å². The quantitative estimate of drug-likeness (QED) is 0.783. The van der Waals surface area contributed by atoms with Gasteiger partial charge in [-0.15, -0.1) is 11.6 Å². The number of sulfonamides is 1. The largest absolute Gasteiger partial charge is 0.380 e. The molecule has 1 aliphatic rings. The Labute approximate surface area is 112 Å². The first kappa shape index (κ1) is 13.7. The van der Waals surface area contributed by atoms with Crippen molar-refractivity contribution in [2.24, 2.45) is 0 Å². The van der Waals surface area contributed by atoms with Crippen molar-refractivity contribution in [3.05, 3.63) is 23.9 Å². The summed E-state index contributed by atoms with van der Waals surface area (Å²) in [5.41, 5.74) is 0.794. The van der Waals surface area contributed by atoms with E-state index in [0.29, 0.717) is 19.1 Å². The molecule has 0 aromatic carbocycles. The van der Waals surface area contributed by atoms with E-state index in [9.17, 15) is 8.42 Å².